The summed E-state index contributed by atoms with van der Waals surface area (Å²) in [7, 11) is 0. The van der Waals surface area contributed by atoms with E-state index in [4.69, 9.17) is 4.74 Å². The third-order valence-corrected chi connectivity index (χ3v) is 9.33. The lowest BCUT2D eigenvalue weighted by atomic mass is 10.0. The molecule has 0 aromatic heterocycles. The molecule has 0 aromatic carbocycles. The average molecular weight is 619 g/mol. The van der Waals surface area contributed by atoms with Gasteiger partial charge in [0.25, 0.3) is 0 Å². The van der Waals surface area contributed by atoms with Gasteiger partial charge in [-0.2, -0.15) is 0 Å². The van der Waals surface area contributed by atoms with Crippen LogP contribution < -0.4 is 0 Å². The fourth-order valence-corrected chi connectivity index (χ4v) is 6.26. The molecule has 0 amide bonds. The summed E-state index contributed by atoms with van der Waals surface area (Å²) in [4.78, 5) is 12.0. The Morgan fingerprint density at radius 2 is 0.795 bits per heavy atom. The van der Waals surface area contributed by atoms with Gasteiger partial charge in [-0.25, -0.2) is 0 Å². The number of unbranched alkanes of at least 4 members (excludes halogenated alkanes) is 29. The van der Waals surface area contributed by atoms with Crippen molar-refractivity contribution in [3.05, 3.63) is 12.2 Å². The standard InChI is InChI=1S/C42H82O2/c1-4-5-6-7-8-9-10-11-12-14-18-21-24-27-30-33-36-39-42(43)44-40-37-34-31-28-25-22-19-16-13-15-17-20-23-26-29-32-35-38-41(2)3/h11-12,41H,4-10,13-40H2,1-3H3. The molecule has 0 rings (SSSR count). The first kappa shape index (κ1) is 43.2. The minimum Gasteiger partial charge on any atom is -0.466 e. The van der Waals surface area contributed by atoms with Gasteiger partial charge in [-0.1, -0.05) is 206 Å². The minimum absolute atomic E-state index is 0.0230. The fraction of sp³-hybridized carbons (Fsp3) is 0.929. The van der Waals surface area contributed by atoms with Gasteiger partial charge in [0.2, 0.25) is 0 Å². The Balaban J connectivity index is 3.18. The zero-order valence-electron chi connectivity index (χ0n) is 30.8. The number of allylic oxidation sites excluding steroid dienone is 2. The van der Waals surface area contributed by atoms with Crippen LogP contribution in [0.2, 0.25) is 0 Å². The van der Waals surface area contributed by atoms with E-state index in [0.29, 0.717) is 13.0 Å². The average Bonchev–Trinajstić information content (AvgIpc) is 3.01. The highest BCUT2D eigenvalue weighted by Gasteiger charge is 2.03. The van der Waals surface area contributed by atoms with E-state index in [1.807, 2.05) is 0 Å². The number of carbonyl (C=O) groups excluding carboxylic acids is 1. The number of hydrogen-bond acceptors (Lipinski definition) is 2. The Morgan fingerprint density at radius 3 is 1.20 bits per heavy atom. The number of ether oxygens (including phenoxy) is 1. The van der Waals surface area contributed by atoms with E-state index in [9.17, 15) is 4.79 Å². The van der Waals surface area contributed by atoms with E-state index in [0.717, 1.165) is 18.8 Å². The largest absolute Gasteiger partial charge is 0.466 e. The number of carbonyl (C=O) groups is 1. The van der Waals surface area contributed by atoms with Gasteiger partial charge in [0.15, 0.2) is 0 Å². The summed E-state index contributed by atoms with van der Waals surface area (Å²) in [5, 5.41) is 0. The smallest absolute Gasteiger partial charge is 0.305 e. The third-order valence-electron chi connectivity index (χ3n) is 9.33. The second-order valence-electron chi connectivity index (χ2n) is 14.5. The van der Waals surface area contributed by atoms with Crippen LogP contribution in [0.5, 0.6) is 0 Å². The van der Waals surface area contributed by atoms with Crippen molar-refractivity contribution in [2.75, 3.05) is 6.61 Å². The fourth-order valence-electron chi connectivity index (χ4n) is 6.26. The van der Waals surface area contributed by atoms with Crippen molar-refractivity contribution in [2.45, 2.75) is 239 Å². The molecule has 0 heterocycles. The van der Waals surface area contributed by atoms with Crippen LogP contribution in [-0.2, 0) is 9.53 Å². The minimum atomic E-state index is 0.0230. The lowest BCUT2D eigenvalue weighted by Gasteiger charge is -2.06. The number of esters is 1. The first-order chi connectivity index (χ1) is 21.7. The molecule has 0 spiro atoms. The van der Waals surface area contributed by atoms with Crippen molar-refractivity contribution in [1.29, 1.82) is 0 Å². The maximum atomic E-state index is 12.0. The van der Waals surface area contributed by atoms with Crippen molar-refractivity contribution in [1.82, 2.24) is 0 Å². The van der Waals surface area contributed by atoms with Gasteiger partial charge in [0.1, 0.15) is 0 Å². The molecule has 0 aliphatic carbocycles. The highest BCUT2D eigenvalue weighted by atomic mass is 16.5. The molecule has 0 radical (unpaired) electrons. The van der Waals surface area contributed by atoms with Crippen molar-refractivity contribution in [3.8, 4) is 0 Å². The van der Waals surface area contributed by atoms with Crippen LogP contribution in [-0.4, -0.2) is 12.6 Å². The normalized spacial score (nSPS) is 11.7. The van der Waals surface area contributed by atoms with Crippen molar-refractivity contribution in [2.24, 2.45) is 5.92 Å². The molecular formula is C42H82O2. The SMILES string of the molecule is CCCCCCCCC=CCCCCCCCCCC(=O)OCCCCCCCCCCCCCCCCCCCC(C)C. The second kappa shape index (κ2) is 38.4. The highest BCUT2D eigenvalue weighted by Crippen LogP contribution is 2.16. The van der Waals surface area contributed by atoms with Crippen LogP contribution >= 0.6 is 0 Å². The lowest BCUT2D eigenvalue weighted by molar-refractivity contribution is -0.143. The van der Waals surface area contributed by atoms with Crippen LogP contribution in [0.25, 0.3) is 0 Å². The molecule has 0 aliphatic heterocycles. The summed E-state index contributed by atoms with van der Waals surface area (Å²) in [6.07, 6.45) is 50.1. The second-order valence-corrected chi connectivity index (χ2v) is 14.5. The molecule has 2 heteroatoms. The topological polar surface area (TPSA) is 26.3 Å². The Morgan fingerprint density at radius 1 is 0.455 bits per heavy atom. The first-order valence-electron chi connectivity index (χ1n) is 20.5. The van der Waals surface area contributed by atoms with Crippen molar-refractivity contribution < 1.29 is 9.53 Å². The molecule has 0 atom stereocenters. The van der Waals surface area contributed by atoms with Gasteiger partial charge in [-0.3, -0.25) is 4.79 Å². The van der Waals surface area contributed by atoms with E-state index in [2.05, 4.69) is 32.9 Å². The van der Waals surface area contributed by atoms with Crippen molar-refractivity contribution >= 4 is 5.97 Å². The molecular weight excluding hydrogens is 536 g/mol. The van der Waals surface area contributed by atoms with Crippen LogP contribution in [0.3, 0.4) is 0 Å². The number of rotatable bonds is 37. The van der Waals surface area contributed by atoms with Gasteiger partial charge >= 0.3 is 5.97 Å². The summed E-state index contributed by atoms with van der Waals surface area (Å²) in [5.74, 6) is 0.903. The Kier molecular flexibility index (Phi) is 37.7. The van der Waals surface area contributed by atoms with Crippen LogP contribution in [0.1, 0.15) is 239 Å². The summed E-state index contributed by atoms with van der Waals surface area (Å²) >= 11 is 0. The van der Waals surface area contributed by atoms with Crippen molar-refractivity contribution in [3.63, 3.8) is 0 Å². The van der Waals surface area contributed by atoms with E-state index >= 15 is 0 Å². The number of hydrogen-bond donors (Lipinski definition) is 0. The molecule has 0 saturated heterocycles. The Bertz CT molecular complexity index is 566. The first-order valence-corrected chi connectivity index (χ1v) is 20.5. The highest BCUT2D eigenvalue weighted by molar-refractivity contribution is 5.69. The Hall–Kier alpha value is -0.790. The Labute approximate surface area is 278 Å². The van der Waals surface area contributed by atoms with Gasteiger partial charge in [-0.05, 0) is 44.4 Å². The maximum absolute atomic E-state index is 12.0. The van der Waals surface area contributed by atoms with Crippen LogP contribution in [0.15, 0.2) is 12.2 Å². The van der Waals surface area contributed by atoms with Gasteiger partial charge < -0.3 is 4.74 Å². The summed E-state index contributed by atoms with van der Waals surface area (Å²) in [6, 6.07) is 0. The molecule has 262 valence electrons. The molecule has 0 N–H and O–H groups in total. The van der Waals surface area contributed by atoms with Gasteiger partial charge in [0.05, 0.1) is 6.61 Å². The van der Waals surface area contributed by atoms with Gasteiger partial charge in [-0.15, -0.1) is 0 Å². The molecule has 2 nitrogen and oxygen atoms in total. The molecule has 0 bridgehead atoms. The molecule has 0 fully saturated rings. The monoisotopic (exact) mass is 619 g/mol. The third kappa shape index (κ3) is 39.2. The lowest BCUT2D eigenvalue weighted by Crippen LogP contribution is -2.05. The quantitative estimate of drug-likeness (QED) is 0.0393. The molecule has 0 aliphatic rings. The van der Waals surface area contributed by atoms with E-state index in [1.165, 1.54) is 199 Å². The summed E-state index contributed by atoms with van der Waals surface area (Å²) in [6.45, 7) is 7.59. The van der Waals surface area contributed by atoms with E-state index in [1.54, 1.807) is 0 Å². The predicted octanol–water partition coefficient (Wildman–Crippen LogP) is 15.0. The zero-order chi connectivity index (χ0) is 32.0. The zero-order valence-corrected chi connectivity index (χ0v) is 30.8. The summed E-state index contributed by atoms with van der Waals surface area (Å²) < 4.78 is 5.46. The van der Waals surface area contributed by atoms with E-state index < -0.39 is 0 Å². The molecule has 0 aromatic rings. The molecule has 44 heavy (non-hydrogen) atoms. The summed E-state index contributed by atoms with van der Waals surface area (Å²) in [5.41, 5.74) is 0. The molecule has 0 saturated carbocycles. The van der Waals surface area contributed by atoms with Crippen LogP contribution in [0, 0.1) is 5.92 Å². The van der Waals surface area contributed by atoms with E-state index in [-0.39, 0.29) is 5.97 Å². The maximum Gasteiger partial charge on any atom is 0.305 e. The molecule has 0 unspecified atom stereocenters. The predicted molar refractivity (Wildman–Crippen MR) is 198 cm³/mol. The van der Waals surface area contributed by atoms with Gasteiger partial charge in [0, 0.05) is 6.42 Å². The van der Waals surface area contributed by atoms with Crippen LogP contribution in [0.4, 0.5) is 0 Å².